The van der Waals surface area contributed by atoms with Gasteiger partial charge in [0.25, 0.3) is 0 Å². The smallest absolute Gasteiger partial charge is 0.354 e. The Balaban J connectivity index is 1.63. The van der Waals surface area contributed by atoms with Gasteiger partial charge < -0.3 is 18.9 Å². The third kappa shape index (κ3) is 2.60. The number of carbonyl (C=O) groups excluding carboxylic acids is 1. The van der Waals surface area contributed by atoms with Crippen molar-refractivity contribution in [3.8, 4) is 11.5 Å². The fraction of sp³-hybridized carbons (Fsp3) is 0.105. The SMILES string of the molecule is CCOC(=O)c1cc2cc(Oc3ccc4ccoc4c3)ccc2[nH]1. The van der Waals surface area contributed by atoms with Crippen molar-refractivity contribution < 1.29 is 18.7 Å². The van der Waals surface area contributed by atoms with E-state index in [1.54, 1.807) is 19.3 Å². The van der Waals surface area contributed by atoms with Crippen molar-refractivity contribution in [2.45, 2.75) is 6.92 Å². The van der Waals surface area contributed by atoms with Crippen molar-refractivity contribution in [3.63, 3.8) is 0 Å². The molecule has 0 spiro atoms. The first-order valence-electron chi connectivity index (χ1n) is 7.68. The van der Waals surface area contributed by atoms with E-state index >= 15 is 0 Å². The Morgan fingerprint density at radius 1 is 1.04 bits per heavy atom. The second-order valence-electron chi connectivity index (χ2n) is 5.37. The summed E-state index contributed by atoms with van der Waals surface area (Å²) in [6.45, 7) is 2.13. The molecule has 120 valence electrons. The molecule has 0 aliphatic carbocycles. The standard InChI is InChI=1S/C19H15NO4/c1-2-22-19(21)17-10-13-9-14(5-6-16(13)20-17)24-15-4-3-12-7-8-23-18(12)11-15/h3-11,20H,2H2,1H3. The molecule has 4 rings (SSSR count). The van der Waals surface area contributed by atoms with Gasteiger partial charge in [-0.3, -0.25) is 0 Å². The van der Waals surface area contributed by atoms with Crippen LogP contribution >= 0.6 is 0 Å². The third-order valence-electron chi connectivity index (χ3n) is 3.75. The van der Waals surface area contributed by atoms with Gasteiger partial charge >= 0.3 is 5.97 Å². The molecule has 2 aromatic carbocycles. The van der Waals surface area contributed by atoms with Gasteiger partial charge in [0.2, 0.25) is 0 Å². The Kier molecular flexibility index (Phi) is 3.46. The Hall–Kier alpha value is -3.21. The summed E-state index contributed by atoms with van der Waals surface area (Å²) in [4.78, 5) is 14.8. The third-order valence-corrected chi connectivity index (χ3v) is 3.75. The van der Waals surface area contributed by atoms with Crippen LogP contribution in [-0.2, 0) is 4.74 Å². The van der Waals surface area contributed by atoms with Crippen molar-refractivity contribution in [1.29, 1.82) is 0 Å². The van der Waals surface area contributed by atoms with E-state index in [0.717, 1.165) is 21.9 Å². The zero-order chi connectivity index (χ0) is 16.5. The fourth-order valence-electron chi connectivity index (χ4n) is 2.63. The maximum Gasteiger partial charge on any atom is 0.354 e. The number of ether oxygens (including phenoxy) is 2. The molecule has 0 bridgehead atoms. The van der Waals surface area contributed by atoms with Gasteiger partial charge in [-0.25, -0.2) is 4.79 Å². The number of aromatic nitrogens is 1. The first kappa shape index (κ1) is 14.4. The van der Waals surface area contributed by atoms with Crippen LogP contribution in [0.5, 0.6) is 11.5 Å². The highest BCUT2D eigenvalue weighted by molar-refractivity contribution is 5.95. The molecule has 0 unspecified atom stereocenters. The van der Waals surface area contributed by atoms with Gasteiger partial charge in [0.1, 0.15) is 22.8 Å². The zero-order valence-corrected chi connectivity index (χ0v) is 13.0. The van der Waals surface area contributed by atoms with Gasteiger partial charge in [0, 0.05) is 22.4 Å². The van der Waals surface area contributed by atoms with Gasteiger partial charge in [-0.2, -0.15) is 0 Å². The minimum atomic E-state index is -0.362. The van der Waals surface area contributed by atoms with Gasteiger partial charge in [-0.05, 0) is 49.4 Å². The molecule has 0 fully saturated rings. The van der Waals surface area contributed by atoms with Crippen molar-refractivity contribution >= 4 is 27.8 Å². The van der Waals surface area contributed by atoms with Crippen LogP contribution < -0.4 is 4.74 Å². The minimum absolute atomic E-state index is 0.345. The molecule has 0 aliphatic rings. The maximum atomic E-state index is 11.8. The summed E-state index contributed by atoms with van der Waals surface area (Å²) in [6, 6.07) is 14.9. The lowest BCUT2D eigenvalue weighted by Crippen LogP contribution is -2.04. The van der Waals surface area contributed by atoms with Crippen molar-refractivity contribution in [2.24, 2.45) is 0 Å². The van der Waals surface area contributed by atoms with E-state index in [2.05, 4.69) is 4.98 Å². The molecule has 0 radical (unpaired) electrons. The molecule has 0 saturated carbocycles. The van der Waals surface area contributed by atoms with E-state index in [-0.39, 0.29) is 5.97 Å². The number of rotatable bonds is 4. The number of aromatic amines is 1. The molecular weight excluding hydrogens is 306 g/mol. The Labute approximate surface area is 137 Å². The number of H-pyrrole nitrogens is 1. The molecule has 0 saturated heterocycles. The van der Waals surface area contributed by atoms with E-state index in [1.807, 2.05) is 42.5 Å². The number of carbonyl (C=O) groups is 1. The van der Waals surface area contributed by atoms with Crippen LogP contribution in [0.2, 0.25) is 0 Å². The lowest BCUT2D eigenvalue weighted by Gasteiger charge is -2.05. The van der Waals surface area contributed by atoms with E-state index in [9.17, 15) is 4.79 Å². The lowest BCUT2D eigenvalue weighted by molar-refractivity contribution is 0.0520. The molecule has 4 aromatic rings. The lowest BCUT2D eigenvalue weighted by atomic mass is 10.2. The summed E-state index contributed by atoms with van der Waals surface area (Å²) < 4.78 is 16.3. The molecule has 24 heavy (non-hydrogen) atoms. The summed E-state index contributed by atoms with van der Waals surface area (Å²) in [5.74, 6) is 1.01. The Morgan fingerprint density at radius 2 is 1.88 bits per heavy atom. The van der Waals surface area contributed by atoms with Crippen LogP contribution in [0.25, 0.3) is 21.9 Å². The zero-order valence-electron chi connectivity index (χ0n) is 13.0. The quantitative estimate of drug-likeness (QED) is 0.544. The first-order valence-corrected chi connectivity index (χ1v) is 7.68. The summed E-state index contributed by atoms with van der Waals surface area (Å²) >= 11 is 0. The van der Waals surface area contributed by atoms with Crippen LogP contribution in [-0.4, -0.2) is 17.6 Å². The fourth-order valence-corrected chi connectivity index (χ4v) is 2.63. The highest BCUT2D eigenvalue weighted by atomic mass is 16.5. The van der Waals surface area contributed by atoms with Crippen LogP contribution in [0.4, 0.5) is 0 Å². The van der Waals surface area contributed by atoms with Gasteiger partial charge in [-0.15, -0.1) is 0 Å². The average Bonchev–Trinajstić information content (AvgIpc) is 3.20. The van der Waals surface area contributed by atoms with Crippen LogP contribution in [0.1, 0.15) is 17.4 Å². The summed E-state index contributed by atoms with van der Waals surface area (Å²) in [5, 5.41) is 1.91. The van der Waals surface area contributed by atoms with E-state index in [1.165, 1.54) is 0 Å². The van der Waals surface area contributed by atoms with Gasteiger partial charge in [0.15, 0.2) is 0 Å². The molecule has 0 atom stereocenters. The first-order chi connectivity index (χ1) is 11.7. The molecule has 5 nitrogen and oxygen atoms in total. The van der Waals surface area contributed by atoms with Gasteiger partial charge in [0.05, 0.1) is 12.9 Å². The largest absolute Gasteiger partial charge is 0.464 e. The predicted molar refractivity (Wildman–Crippen MR) is 90.5 cm³/mol. The molecule has 2 heterocycles. The Morgan fingerprint density at radius 3 is 2.75 bits per heavy atom. The highest BCUT2D eigenvalue weighted by Gasteiger charge is 2.11. The number of nitrogens with one attached hydrogen (secondary N) is 1. The molecule has 0 aliphatic heterocycles. The number of fused-ring (bicyclic) bond motifs is 2. The summed E-state index contributed by atoms with van der Waals surface area (Å²) in [6.07, 6.45) is 1.65. The summed E-state index contributed by atoms with van der Waals surface area (Å²) in [5.41, 5.74) is 2.06. The second kappa shape index (κ2) is 5.77. The average molecular weight is 321 g/mol. The molecule has 2 aromatic heterocycles. The molecular formula is C19H15NO4. The van der Waals surface area contributed by atoms with Crippen molar-refractivity contribution in [3.05, 3.63) is 60.5 Å². The predicted octanol–water partition coefficient (Wildman–Crippen LogP) is 4.88. The number of furan rings is 1. The normalized spacial score (nSPS) is 11.0. The van der Waals surface area contributed by atoms with E-state index in [0.29, 0.717) is 23.8 Å². The number of benzene rings is 2. The van der Waals surface area contributed by atoms with Gasteiger partial charge in [-0.1, -0.05) is 0 Å². The maximum absolute atomic E-state index is 11.8. The van der Waals surface area contributed by atoms with Crippen LogP contribution in [0, 0.1) is 0 Å². The molecule has 0 amide bonds. The monoisotopic (exact) mass is 321 g/mol. The number of hydrogen-bond acceptors (Lipinski definition) is 4. The number of esters is 1. The van der Waals surface area contributed by atoms with E-state index < -0.39 is 0 Å². The van der Waals surface area contributed by atoms with Crippen LogP contribution in [0.3, 0.4) is 0 Å². The highest BCUT2D eigenvalue weighted by Crippen LogP contribution is 2.28. The van der Waals surface area contributed by atoms with Crippen molar-refractivity contribution in [2.75, 3.05) is 6.61 Å². The van der Waals surface area contributed by atoms with Crippen molar-refractivity contribution in [1.82, 2.24) is 4.98 Å². The van der Waals surface area contributed by atoms with E-state index in [4.69, 9.17) is 13.9 Å². The number of hydrogen-bond donors (Lipinski definition) is 1. The minimum Gasteiger partial charge on any atom is -0.464 e. The second-order valence-corrected chi connectivity index (χ2v) is 5.37. The Bertz CT molecular complexity index is 1030. The molecule has 1 N–H and O–H groups in total. The summed E-state index contributed by atoms with van der Waals surface area (Å²) in [7, 11) is 0. The topological polar surface area (TPSA) is 64.5 Å². The molecule has 5 heteroatoms. The van der Waals surface area contributed by atoms with Crippen LogP contribution in [0.15, 0.2) is 59.2 Å².